The molecule has 0 aliphatic rings. The number of ether oxygens (including phenoxy) is 1. The summed E-state index contributed by atoms with van der Waals surface area (Å²) in [7, 11) is 0. The van der Waals surface area contributed by atoms with Gasteiger partial charge in [-0.1, -0.05) is 0 Å². The Labute approximate surface area is 111 Å². The third-order valence-electron chi connectivity index (χ3n) is 1.95. The van der Waals surface area contributed by atoms with Gasteiger partial charge in [-0.05, 0) is 34.1 Å². The van der Waals surface area contributed by atoms with E-state index in [-0.39, 0.29) is 0 Å². The van der Waals surface area contributed by atoms with Crippen LogP contribution in [0, 0.1) is 5.82 Å². The van der Waals surface area contributed by atoms with Gasteiger partial charge in [0.25, 0.3) is 0 Å². The second kappa shape index (κ2) is 5.42. The first-order valence-corrected chi connectivity index (χ1v) is 6.03. The van der Waals surface area contributed by atoms with Crippen LogP contribution in [0.3, 0.4) is 0 Å². The van der Waals surface area contributed by atoms with E-state index >= 15 is 0 Å². The first kappa shape index (κ1) is 12.3. The Hall–Kier alpha value is -1.20. The van der Waals surface area contributed by atoms with E-state index in [0.717, 1.165) is 0 Å². The van der Waals surface area contributed by atoms with Crippen molar-refractivity contribution in [3.63, 3.8) is 0 Å². The van der Waals surface area contributed by atoms with Crippen LogP contribution < -0.4 is 4.74 Å². The summed E-state index contributed by atoms with van der Waals surface area (Å²) in [4.78, 5) is 0. The Morgan fingerprint density at radius 3 is 2.65 bits per heavy atom. The molecule has 1 aromatic carbocycles. The Bertz CT molecular complexity index is 521. The fourth-order valence-corrected chi connectivity index (χ4v) is 1.52. The van der Waals surface area contributed by atoms with Crippen LogP contribution in [0.25, 0.3) is 0 Å². The number of alkyl halides is 1. The minimum absolute atomic E-state index is 0.292. The van der Waals surface area contributed by atoms with E-state index < -0.39 is 5.82 Å². The molecule has 17 heavy (non-hydrogen) atoms. The lowest BCUT2D eigenvalue weighted by Gasteiger charge is -2.04. The molecule has 3 nitrogen and oxygen atoms in total. The predicted molar refractivity (Wildman–Crippen MR) is 65.8 cm³/mol. The molecule has 0 atom stereocenters. The minimum Gasteiger partial charge on any atom is -0.437 e. The summed E-state index contributed by atoms with van der Waals surface area (Å²) in [6, 6.07) is 7.78. The summed E-state index contributed by atoms with van der Waals surface area (Å²) < 4.78 is 18.9. The number of nitrogens with zero attached hydrogens (tertiary/aromatic N) is 2. The number of aromatic nitrogens is 2. The Balaban J connectivity index is 2.16. The molecule has 6 heteroatoms. The summed E-state index contributed by atoms with van der Waals surface area (Å²) in [6.07, 6.45) is 0. The summed E-state index contributed by atoms with van der Waals surface area (Å²) in [6.45, 7) is 0. The van der Waals surface area contributed by atoms with Gasteiger partial charge in [0, 0.05) is 12.1 Å². The van der Waals surface area contributed by atoms with Crippen molar-refractivity contribution in [2.45, 2.75) is 5.88 Å². The molecule has 2 aromatic rings. The highest BCUT2D eigenvalue weighted by Crippen LogP contribution is 2.24. The maximum Gasteiger partial charge on any atom is 0.238 e. The largest absolute Gasteiger partial charge is 0.437 e. The van der Waals surface area contributed by atoms with Gasteiger partial charge in [0.1, 0.15) is 11.6 Å². The highest BCUT2D eigenvalue weighted by molar-refractivity contribution is 9.10. The lowest BCUT2D eigenvalue weighted by atomic mass is 10.3. The molecule has 0 spiro atoms. The molecule has 1 aromatic heterocycles. The molecule has 0 amide bonds. The number of halogens is 3. The van der Waals surface area contributed by atoms with Crippen LogP contribution in [0.1, 0.15) is 5.69 Å². The molecule has 88 valence electrons. The van der Waals surface area contributed by atoms with Crippen LogP contribution >= 0.6 is 27.5 Å². The van der Waals surface area contributed by atoms with Gasteiger partial charge in [-0.25, -0.2) is 4.39 Å². The second-order valence-corrected chi connectivity index (χ2v) is 4.30. The average Bonchev–Trinajstić information content (AvgIpc) is 2.35. The molecule has 0 N–H and O–H groups in total. The zero-order chi connectivity index (χ0) is 12.3. The van der Waals surface area contributed by atoms with Gasteiger partial charge in [-0.15, -0.1) is 16.7 Å². The third kappa shape index (κ3) is 3.14. The molecular formula is C11H7BrClFN2O. The molecule has 0 radical (unpaired) electrons. The van der Waals surface area contributed by atoms with E-state index in [1.54, 1.807) is 24.3 Å². The van der Waals surface area contributed by atoms with Crippen molar-refractivity contribution < 1.29 is 9.13 Å². The molecule has 2 rings (SSSR count). The lowest BCUT2D eigenvalue weighted by Crippen LogP contribution is -1.93. The van der Waals surface area contributed by atoms with Gasteiger partial charge in [-0.2, -0.15) is 5.10 Å². The van der Waals surface area contributed by atoms with Crippen molar-refractivity contribution >= 4 is 27.5 Å². The number of hydrogen-bond acceptors (Lipinski definition) is 3. The molecule has 0 unspecified atom stereocenters. The van der Waals surface area contributed by atoms with Gasteiger partial charge in [-0.3, -0.25) is 0 Å². The van der Waals surface area contributed by atoms with Crippen LogP contribution in [-0.2, 0) is 5.88 Å². The molecule has 0 fully saturated rings. The first-order chi connectivity index (χ1) is 8.19. The van der Waals surface area contributed by atoms with Gasteiger partial charge in [0.15, 0.2) is 0 Å². The van der Waals surface area contributed by atoms with E-state index in [2.05, 4.69) is 26.1 Å². The number of hydrogen-bond donors (Lipinski definition) is 0. The lowest BCUT2D eigenvalue weighted by molar-refractivity contribution is 0.449. The Kier molecular flexibility index (Phi) is 3.91. The van der Waals surface area contributed by atoms with Crippen molar-refractivity contribution in [2.75, 3.05) is 0 Å². The molecule has 0 aliphatic carbocycles. The summed E-state index contributed by atoms with van der Waals surface area (Å²) in [5, 5.41) is 7.63. The van der Waals surface area contributed by atoms with Crippen molar-refractivity contribution in [1.29, 1.82) is 0 Å². The van der Waals surface area contributed by atoms with Crippen molar-refractivity contribution in [3.05, 3.63) is 46.3 Å². The smallest absolute Gasteiger partial charge is 0.238 e. The SMILES string of the molecule is Fc1cc(Oc2ccc(CCl)nn2)ccc1Br. The maximum absolute atomic E-state index is 13.2. The van der Waals surface area contributed by atoms with Crippen molar-refractivity contribution in [3.8, 4) is 11.6 Å². The molecule has 0 saturated carbocycles. The fraction of sp³-hybridized carbons (Fsp3) is 0.0909. The van der Waals surface area contributed by atoms with Crippen molar-refractivity contribution in [1.82, 2.24) is 10.2 Å². The first-order valence-electron chi connectivity index (χ1n) is 4.70. The summed E-state index contributed by atoms with van der Waals surface area (Å²) in [5.74, 6) is 0.548. The van der Waals surface area contributed by atoms with Gasteiger partial charge < -0.3 is 4.74 Å². The highest BCUT2D eigenvalue weighted by atomic mass is 79.9. The Morgan fingerprint density at radius 1 is 1.24 bits per heavy atom. The second-order valence-electron chi connectivity index (χ2n) is 3.17. The van der Waals surface area contributed by atoms with E-state index in [9.17, 15) is 4.39 Å². The highest BCUT2D eigenvalue weighted by Gasteiger charge is 2.04. The third-order valence-corrected chi connectivity index (χ3v) is 2.86. The molecule has 0 bridgehead atoms. The predicted octanol–water partition coefficient (Wildman–Crippen LogP) is 3.91. The topological polar surface area (TPSA) is 35.0 Å². The van der Waals surface area contributed by atoms with Crippen LogP contribution in [0.2, 0.25) is 0 Å². The zero-order valence-electron chi connectivity index (χ0n) is 8.53. The Morgan fingerprint density at radius 2 is 2.06 bits per heavy atom. The minimum atomic E-state index is -0.396. The fourth-order valence-electron chi connectivity index (χ4n) is 1.13. The summed E-state index contributed by atoms with van der Waals surface area (Å²) in [5.41, 5.74) is 0.654. The number of benzene rings is 1. The summed E-state index contributed by atoms with van der Waals surface area (Å²) >= 11 is 8.64. The van der Waals surface area contributed by atoms with E-state index in [0.29, 0.717) is 27.7 Å². The van der Waals surface area contributed by atoms with Gasteiger partial charge in [0.05, 0.1) is 16.0 Å². The number of rotatable bonds is 3. The van der Waals surface area contributed by atoms with E-state index in [1.165, 1.54) is 6.07 Å². The standard InChI is InChI=1S/C11H7BrClFN2O/c12-9-3-2-8(5-10(9)14)17-11-4-1-7(6-13)15-16-11/h1-5H,6H2. The van der Waals surface area contributed by atoms with E-state index in [1.807, 2.05) is 0 Å². The van der Waals surface area contributed by atoms with Crippen molar-refractivity contribution in [2.24, 2.45) is 0 Å². The van der Waals surface area contributed by atoms with Crippen LogP contribution in [0.5, 0.6) is 11.6 Å². The van der Waals surface area contributed by atoms with Crippen LogP contribution in [0.4, 0.5) is 4.39 Å². The van der Waals surface area contributed by atoms with Gasteiger partial charge >= 0.3 is 0 Å². The van der Waals surface area contributed by atoms with Crippen LogP contribution in [0.15, 0.2) is 34.8 Å². The quantitative estimate of drug-likeness (QED) is 0.805. The van der Waals surface area contributed by atoms with Crippen LogP contribution in [-0.4, -0.2) is 10.2 Å². The monoisotopic (exact) mass is 316 g/mol. The zero-order valence-corrected chi connectivity index (χ0v) is 10.9. The van der Waals surface area contributed by atoms with E-state index in [4.69, 9.17) is 16.3 Å². The normalized spacial score (nSPS) is 10.3. The molecule has 0 aliphatic heterocycles. The molecule has 0 saturated heterocycles. The maximum atomic E-state index is 13.2. The molecule has 1 heterocycles. The molecular weight excluding hydrogens is 310 g/mol. The average molecular weight is 318 g/mol. The van der Waals surface area contributed by atoms with Gasteiger partial charge in [0.2, 0.25) is 5.88 Å².